The van der Waals surface area contributed by atoms with Crippen LogP contribution in [0.2, 0.25) is 0 Å². The number of ketones is 1. The first-order valence-electron chi connectivity index (χ1n) is 12.7. The molecule has 1 amide bonds. The SMILES string of the molecule is C=CCOc1cccc([C@H]2/C(=C(\O)c3ccc4c(c3)C[C@@H](C)O4)C(=O)C(=O)N2c2nc3ccc(C)cc3s2)c1. The molecule has 8 heteroatoms. The van der Waals surface area contributed by atoms with Gasteiger partial charge < -0.3 is 14.6 Å². The normalized spacial score (nSPS) is 19.8. The highest BCUT2D eigenvalue weighted by Gasteiger charge is 2.48. The molecule has 0 bridgehead atoms. The second-order valence-corrected chi connectivity index (χ2v) is 10.8. The van der Waals surface area contributed by atoms with E-state index in [1.807, 2.05) is 44.2 Å². The fourth-order valence-corrected chi connectivity index (χ4v) is 6.21. The molecule has 0 aliphatic carbocycles. The zero-order valence-electron chi connectivity index (χ0n) is 21.5. The number of hydrogen-bond acceptors (Lipinski definition) is 7. The second-order valence-electron chi connectivity index (χ2n) is 9.76. The molecule has 4 aromatic rings. The van der Waals surface area contributed by atoms with Crippen LogP contribution in [0.1, 0.15) is 35.2 Å². The van der Waals surface area contributed by atoms with E-state index in [4.69, 9.17) is 14.5 Å². The first-order chi connectivity index (χ1) is 18.8. The summed E-state index contributed by atoms with van der Waals surface area (Å²) < 4.78 is 12.4. The van der Waals surface area contributed by atoms with Crippen LogP contribution in [0, 0.1) is 6.92 Å². The summed E-state index contributed by atoms with van der Waals surface area (Å²) in [6.45, 7) is 7.96. The predicted octanol–water partition coefficient (Wildman–Crippen LogP) is 6.12. The molecule has 1 fully saturated rings. The van der Waals surface area contributed by atoms with Gasteiger partial charge >= 0.3 is 5.91 Å². The number of aromatic nitrogens is 1. The number of aryl methyl sites for hydroxylation is 1. The van der Waals surface area contributed by atoms with Crippen molar-refractivity contribution in [2.45, 2.75) is 32.4 Å². The van der Waals surface area contributed by atoms with Crippen LogP contribution in [-0.2, 0) is 16.0 Å². The third-order valence-corrected chi connectivity index (χ3v) is 7.91. The topological polar surface area (TPSA) is 89.0 Å². The molecule has 39 heavy (non-hydrogen) atoms. The van der Waals surface area contributed by atoms with Gasteiger partial charge in [0.1, 0.15) is 30.0 Å². The molecule has 0 radical (unpaired) electrons. The number of benzene rings is 3. The summed E-state index contributed by atoms with van der Waals surface area (Å²) in [7, 11) is 0. The number of fused-ring (bicyclic) bond motifs is 2. The van der Waals surface area contributed by atoms with Crippen molar-refractivity contribution in [3.05, 3.63) is 101 Å². The van der Waals surface area contributed by atoms with Crippen molar-refractivity contribution >= 4 is 44.1 Å². The molecule has 1 saturated heterocycles. The van der Waals surface area contributed by atoms with Gasteiger partial charge in [0.2, 0.25) is 0 Å². The first-order valence-corrected chi connectivity index (χ1v) is 13.5. The van der Waals surface area contributed by atoms with Gasteiger partial charge in [0.25, 0.3) is 5.78 Å². The zero-order valence-corrected chi connectivity index (χ0v) is 22.3. The largest absolute Gasteiger partial charge is 0.507 e. The molecule has 1 aromatic heterocycles. The zero-order chi connectivity index (χ0) is 27.3. The van der Waals surface area contributed by atoms with Gasteiger partial charge in [-0.1, -0.05) is 42.2 Å². The van der Waals surface area contributed by atoms with Crippen LogP contribution < -0.4 is 14.4 Å². The number of anilines is 1. The number of aliphatic hydroxyl groups is 1. The minimum Gasteiger partial charge on any atom is -0.507 e. The van der Waals surface area contributed by atoms with Crippen molar-refractivity contribution in [2.24, 2.45) is 0 Å². The molecule has 0 saturated carbocycles. The molecule has 2 aliphatic rings. The third kappa shape index (κ3) is 4.36. The molecule has 7 nitrogen and oxygen atoms in total. The van der Waals surface area contributed by atoms with E-state index >= 15 is 0 Å². The van der Waals surface area contributed by atoms with Crippen molar-refractivity contribution in [1.29, 1.82) is 0 Å². The van der Waals surface area contributed by atoms with Gasteiger partial charge in [-0.05, 0) is 73.0 Å². The number of thiazole rings is 1. The average Bonchev–Trinajstić information content (AvgIpc) is 3.59. The lowest BCUT2D eigenvalue weighted by molar-refractivity contribution is -0.132. The number of rotatable bonds is 6. The van der Waals surface area contributed by atoms with Crippen LogP contribution in [-0.4, -0.2) is 34.5 Å². The van der Waals surface area contributed by atoms with Crippen molar-refractivity contribution in [1.82, 2.24) is 4.98 Å². The Hall–Kier alpha value is -4.43. The molecule has 6 rings (SSSR count). The van der Waals surface area contributed by atoms with Crippen LogP contribution in [0.25, 0.3) is 16.0 Å². The van der Waals surface area contributed by atoms with Crippen molar-refractivity contribution in [3.8, 4) is 11.5 Å². The first kappa shape index (κ1) is 24.9. The quantitative estimate of drug-likeness (QED) is 0.138. The minimum atomic E-state index is -0.901. The van der Waals surface area contributed by atoms with Crippen molar-refractivity contribution in [2.75, 3.05) is 11.5 Å². The van der Waals surface area contributed by atoms with E-state index in [0.717, 1.165) is 27.1 Å². The van der Waals surface area contributed by atoms with E-state index in [2.05, 4.69) is 6.58 Å². The standard InChI is InChI=1S/C31H26N2O5S/c1-4-12-37-22-7-5-6-19(16-22)27-26(28(34)20-9-11-24-21(15-20)14-18(3)38-24)29(35)30(36)33(27)31-32-23-10-8-17(2)13-25(23)39-31/h4-11,13,15-16,18,27,34H,1,12,14H2,2-3H3/b28-26+/t18-,27+/m1/s1. The summed E-state index contributed by atoms with van der Waals surface area (Å²) in [6.07, 6.45) is 2.37. The van der Waals surface area contributed by atoms with Gasteiger partial charge in [0.15, 0.2) is 5.13 Å². The number of carbonyl (C=O) groups is 2. The van der Waals surface area contributed by atoms with Crippen LogP contribution in [0.3, 0.4) is 0 Å². The van der Waals surface area contributed by atoms with Crippen molar-refractivity contribution < 1.29 is 24.2 Å². The van der Waals surface area contributed by atoms with E-state index in [9.17, 15) is 14.7 Å². The van der Waals surface area contributed by atoms with E-state index in [-0.39, 0.29) is 17.4 Å². The highest BCUT2D eigenvalue weighted by molar-refractivity contribution is 7.22. The average molecular weight is 539 g/mol. The lowest BCUT2D eigenvalue weighted by atomic mass is 9.94. The maximum atomic E-state index is 13.6. The van der Waals surface area contributed by atoms with E-state index in [1.54, 1.807) is 36.4 Å². The van der Waals surface area contributed by atoms with Gasteiger partial charge in [-0.2, -0.15) is 0 Å². The van der Waals surface area contributed by atoms with Crippen LogP contribution in [0.5, 0.6) is 11.5 Å². The van der Waals surface area contributed by atoms with Gasteiger partial charge in [-0.25, -0.2) is 4.98 Å². The smallest absolute Gasteiger partial charge is 0.301 e. The molecule has 196 valence electrons. The Kier molecular flexibility index (Phi) is 6.19. The molecule has 1 N–H and O–H groups in total. The van der Waals surface area contributed by atoms with Crippen LogP contribution >= 0.6 is 11.3 Å². The number of amides is 1. The maximum absolute atomic E-state index is 13.6. The van der Waals surface area contributed by atoms with Gasteiger partial charge in [0, 0.05) is 12.0 Å². The van der Waals surface area contributed by atoms with Gasteiger partial charge in [0.05, 0.1) is 21.8 Å². The highest BCUT2D eigenvalue weighted by Crippen LogP contribution is 2.45. The Morgan fingerprint density at radius 1 is 1.21 bits per heavy atom. The lowest BCUT2D eigenvalue weighted by Gasteiger charge is -2.23. The fourth-order valence-electron chi connectivity index (χ4n) is 5.12. The number of Topliss-reactive ketones (excluding diaryl/α,β-unsaturated/α-hetero) is 1. The highest BCUT2D eigenvalue weighted by atomic mass is 32.1. The molecule has 0 spiro atoms. The van der Waals surface area contributed by atoms with Gasteiger partial charge in [-0.3, -0.25) is 14.5 Å². The van der Waals surface area contributed by atoms with Crippen molar-refractivity contribution in [3.63, 3.8) is 0 Å². The number of nitrogens with zero attached hydrogens (tertiary/aromatic N) is 2. The summed E-state index contributed by atoms with van der Waals surface area (Å²) in [6, 6.07) is 17.4. The Morgan fingerprint density at radius 2 is 2.05 bits per heavy atom. The Morgan fingerprint density at radius 3 is 2.87 bits per heavy atom. The van der Waals surface area contributed by atoms with E-state index < -0.39 is 17.7 Å². The summed E-state index contributed by atoms with van der Waals surface area (Å²) in [4.78, 5) is 33.3. The van der Waals surface area contributed by atoms with E-state index in [0.29, 0.717) is 35.0 Å². The second kappa shape index (κ2) is 9.71. The summed E-state index contributed by atoms with van der Waals surface area (Å²) >= 11 is 1.33. The molecule has 2 atom stereocenters. The summed E-state index contributed by atoms with van der Waals surface area (Å²) in [5.41, 5.74) is 3.82. The van der Waals surface area contributed by atoms with Gasteiger partial charge in [-0.15, -0.1) is 0 Å². The maximum Gasteiger partial charge on any atom is 0.301 e. The van der Waals surface area contributed by atoms with Crippen LogP contribution in [0.4, 0.5) is 5.13 Å². The summed E-state index contributed by atoms with van der Waals surface area (Å²) in [5.74, 6) is -0.435. The number of aliphatic hydroxyl groups excluding tert-OH is 1. The molecule has 3 heterocycles. The summed E-state index contributed by atoms with van der Waals surface area (Å²) in [5, 5.41) is 12.0. The number of ether oxygens (including phenoxy) is 2. The Labute approximate surface area is 229 Å². The molecule has 0 unspecified atom stereocenters. The lowest BCUT2D eigenvalue weighted by Crippen LogP contribution is -2.29. The minimum absolute atomic E-state index is 0.00298. The molecule has 2 aliphatic heterocycles. The number of hydrogen-bond donors (Lipinski definition) is 1. The molecule has 3 aromatic carbocycles. The number of carbonyl (C=O) groups excluding carboxylic acids is 2. The molecular weight excluding hydrogens is 512 g/mol. The fraction of sp³-hybridized carbons (Fsp3) is 0.194. The van der Waals surface area contributed by atoms with Crippen LogP contribution in [0.15, 0.2) is 78.9 Å². The third-order valence-electron chi connectivity index (χ3n) is 6.89. The predicted molar refractivity (Wildman–Crippen MR) is 152 cm³/mol. The monoisotopic (exact) mass is 538 g/mol. The Bertz CT molecular complexity index is 1690. The Balaban J connectivity index is 1.53. The van der Waals surface area contributed by atoms with E-state index in [1.165, 1.54) is 16.2 Å². The molecular formula is C31H26N2O5S.